The molecule has 0 fully saturated rings. The second kappa shape index (κ2) is 5.45. The molecule has 0 aliphatic carbocycles. The minimum atomic E-state index is -4.07. The fourth-order valence-electron chi connectivity index (χ4n) is 1.58. The summed E-state index contributed by atoms with van der Waals surface area (Å²) >= 11 is 1.30. The highest BCUT2D eigenvalue weighted by Gasteiger charge is 2.29. The highest BCUT2D eigenvalue weighted by Crippen LogP contribution is 2.32. The maximum Gasteiger partial charge on any atom is 0.314 e. The Kier molecular flexibility index (Phi) is 3.88. The van der Waals surface area contributed by atoms with E-state index in [-0.39, 0.29) is 5.69 Å². The number of nitro benzene ring substituents is 1. The van der Waals surface area contributed by atoms with E-state index in [1.807, 2.05) is 0 Å². The number of nitrogens with zero attached hydrogens (tertiary/aromatic N) is 1. The van der Waals surface area contributed by atoms with Crippen LogP contribution >= 0.6 is 11.3 Å². The van der Waals surface area contributed by atoms with Gasteiger partial charge in [-0.3, -0.25) is 20.7 Å². The second-order valence-corrected chi connectivity index (χ2v) is 6.10. The van der Waals surface area contributed by atoms with Crippen LogP contribution < -0.4 is 16.0 Å². The number of anilines is 2. The molecule has 10 heteroatoms. The van der Waals surface area contributed by atoms with Gasteiger partial charge in [-0.2, -0.15) is 11.3 Å². The zero-order valence-electron chi connectivity index (χ0n) is 9.94. The first-order valence-corrected chi connectivity index (χ1v) is 7.67. The quantitative estimate of drug-likeness (QED) is 0.438. The number of hydrazine groups is 1. The van der Waals surface area contributed by atoms with Gasteiger partial charge in [-0.05, 0) is 23.6 Å². The Hall–Kier alpha value is -2.17. The Morgan fingerprint density at radius 1 is 1.30 bits per heavy atom. The molecule has 0 spiro atoms. The number of nitro groups is 1. The smallest absolute Gasteiger partial charge is 0.314 e. The predicted octanol–water partition coefficient (Wildman–Crippen LogP) is 1.74. The van der Waals surface area contributed by atoms with Gasteiger partial charge in [-0.25, -0.2) is 8.42 Å². The number of thiophene rings is 1. The summed E-state index contributed by atoms with van der Waals surface area (Å²) < 4.78 is 26.7. The minimum Gasteiger partial charge on any atom is -0.318 e. The topological polar surface area (TPSA) is 127 Å². The van der Waals surface area contributed by atoms with Crippen molar-refractivity contribution in [3.63, 3.8) is 0 Å². The van der Waals surface area contributed by atoms with E-state index >= 15 is 0 Å². The molecule has 0 unspecified atom stereocenters. The predicted molar refractivity (Wildman–Crippen MR) is 76.0 cm³/mol. The van der Waals surface area contributed by atoms with Crippen LogP contribution in [0.3, 0.4) is 0 Å². The first-order chi connectivity index (χ1) is 9.45. The number of nitrogens with one attached hydrogen (secondary N) is 2. The van der Waals surface area contributed by atoms with Gasteiger partial charge in [0.2, 0.25) is 0 Å². The van der Waals surface area contributed by atoms with Crippen molar-refractivity contribution in [3.05, 3.63) is 45.1 Å². The number of nitrogen functional groups attached to an aromatic ring is 1. The van der Waals surface area contributed by atoms with E-state index in [0.29, 0.717) is 5.69 Å². The van der Waals surface area contributed by atoms with Crippen molar-refractivity contribution in [1.82, 2.24) is 0 Å². The summed E-state index contributed by atoms with van der Waals surface area (Å²) in [5.41, 5.74) is 1.78. The molecule has 2 rings (SSSR count). The van der Waals surface area contributed by atoms with Crippen molar-refractivity contribution in [1.29, 1.82) is 0 Å². The van der Waals surface area contributed by atoms with Gasteiger partial charge < -0.3 is 5.43 Å². The van der Waals surface area contributed by atoms with Crippen LogP contribution in [-0.2, 0) is 10.0 Å². The molecule has 20 heavy (non-hydrogen) atoms. The van der Waals surface area contributed by atoms with Gasteiger partial charge in [0.1, 0.15) is 5.69 Å². The molecule has 106 valence electrons. The zero-order valence-corrected chi connectivity index (χ0v) is 11.6. The zero-order chi connectivity index (χ0) is 14.8. The molecule has 0 bridgehead atoms. The van der Waals surface area contributed by atoms with Crippen LogP contribution in [0.1, 0.15) is 0 Å². The number of hydrogen-bond donors (Lipinski definition) is 3. The fourth-order valence-corrected chi connectivity index (χ4v) is 3.48. The van der Waals surface area contributed by atoms with Crippen molar-refractivity contribution < 1.29 is 13.3 Å². The highest BCUT2D eigenvalue weighted by atomic mass is 32.2. The van der Waals surface area contributed by atoms with Crippen molar-refractivity contribution in [2.45, 2.75) is 4.90 Å². The lowest BCUT2D eigenvalue weighted by molar-refractivity contribution is -0.386. The third kappa shape index (κ3) is 2.71. The van der Waals surface area contributed by atoms with E-state index in [1.54, 1.807) is 16.8 Å². The molecule has 0 radical (unpaired) electrons. The van der Waals surface area contributed by atoms with Gasteiger partial charge in [0, 0.05) is 5.38 Å². The number of rotatable bonds is 5. The Morgan fingerprint density at radius 2 is 2.05 bits per heavy atom. The van der Waals surface area contributed by atoms with Crippen molar-refractivity contribution in [2.75, 3.05) is 10.1 Å². The van der Waals surface area contributed by atoms with E-state index in [0.717, 1.165) is 6.07 Å². The summed E-state index contributed by atoms with van der Waals surface area (Å²) in [6.07, 6.45) is 0. The monoisotopic (exact) mass is 314 g/mol. The first kappa shape index (κ1) is 14.2. The van der Waals surface area contributed by atoms with Gasteiger partial charge in [-0.1, -0.05) is 6.07 Å². The fraction of sp³-hybridized carbons (Fsp3) is 0. The Bertz CT molecular complexity index is 728. The standard InChI is InChI=1S/C10H10N4O4S2/c11-12-8-2-1-3-9(10(8)14(15)16)20(17,18)13-7-4-5-19-6-7/h1-6,12-13H,11H2. The van der Waals surface area contributed by atoms with E-state index in [1.165, 1.54) is 23.5 Å². The highest BCUT2D eigenvalue weighted by molar-refractivity contribution is 7.92. The molecule has 1 heterocycles. The lowest BCUT2D eigenvalue weighted by Gasteiger charge is -2.09. The number of para-hydroxylation sites is 1. The van der Waals surface area contributed by atoms with Crippen LogP contribution in [0.15, 0.2) is 39.9 Å². The van der Waals surface area contributed by atoms with E-state index in [4.69, 9.17) is 5.84 Å². The molecule has 1 aromatic heterocycles. The lowest BCUT2D eigenvalue weighted by atomic mass is 10.3. The number of benzene rings is 1. The molecule has 0 saturated heterocycles. The maximum atomic E-state index is 12.2. The molecule has 8 nitrogen and oxygen atoms in total. The summed E-state index contributed by atoms with van der Waals surface area (Å²) in [6, 6.07) is 5.39. The number of hydrogen-bond acceptors (Lipinski definition) is 7. The molecule has 0 atom stereocenters. The van der Waals surface area contributed by atoms with Gasteiger partial charge in [0.25, 0.3) is 10.0 Å². The average Bonchev–Trinajstić information content (AvgIpc) is 2.89. The average molecular weight is 314 g/mol. The third-order valence-corrected chi connectivity index (χ3v) is 4.50. The van der Waals surface area contributed by atoms with Crippen LogP contribution in [0.4, 0.5) is 17.1 Å². The van der Waals surface area contributed by atoms with Crippen LogP contribution in [0.25, 0.3) is 0 Å². The Labute approximate surface area is 118 Å². The Balaban J connectivity index is 2.54. The molecule has 1 aromatic carbocycles. The third-order valence-electron chi connectivity index (χ3n) is 2.40. The largest absolute Gasteiger partial charge is 0.318 e. The van der Waals surface area contributed by atoms with Crippen LogP contribution in [-0.4, -0.2) is 13.3 Å². The van der Waals surface area contributed by atoms with E-state index < -0.39 is 25.5 Å². The first-order valence-electron chi connectivity index (χ1n) is 5.25. The molecule has 0 amide bonds. The summed E-state index contributed by atoms with van der Waals surface area (Å²) in [5, 5.41) is 14.3. The van der Waals surface area contributed by atoms with Crippen molar-refractivity contribution in [3.8, 4) is 0 Å². The molecule has 0 aliphatic rings. The maximum absolute atomic E-state index is 12.2. The molecular weight excluding hydrogens is 304 g/mol. The summed E-state index contributed by atoms with van der Waals surface area (Å²) in [6.45, 7) is 0. The van der Waals surface area contributed by atoms with Crippen LogP contribution in [0, 0.1) is 10.1 Å². The van der Waals surface area contributed by atoms with Crippen LogP contribution in [0.2, 0.25) is 0 Å². The van der Waals surface area contributed by atoms with Crippen molar-refractivity contribution in [2.24, 2.45) is 5.84 Å². The molecular formula is C10H10N4O4S2. The lowest BCUT2D eigenvalue weighted by Crippen LogP contribution is -2.16. The molecule has 2 aromatic rings. The molecule has 4 N–H and O–H groups in total. The molecule has 0 saturated carbocycles. The van der Waals surface area contributed by atoms with Crippen LogP contribution in [0.5, 0.6) is 0 Å². The number of sulfonamides is 1. The summed E-state index contributed by atoms with van der Waals surface area (Å²) in [5.74, 6) is 5.17. The Morgan fingerprint density at radius 3 is 2.60 bits per heavy atom. The van der Waals surface area contributed by atoms with Crippen molar-refractivity contribution >= 4 is 38.4 Å². The second-order valence-electron chi connectivity index (χ2n) is 3.67. The normalized spacial score (nSPS) is 11.1. The van der Waals surface area contributed by atoms with Gasteiger partial charge >= 0.3 is 5.69 Å². The van der Waals surface area contributed by atoms with Gasteiger partial charge in [0.15, 0.2) is 4.90 Å². The summed E-state index contributed by atoms with van der Waals surface area (Å²) in [4.78, 5) is 9.82. The van der Waals surface area contributed by atoms with E-state index in [2.05, 4.69) is 10.1 Å². The van der Waals surface area contributed by atoms with Gasteiger partial charge in [0.05, 0.1) is 10.6 Å². The minimum absolute atomic E-state index is 0.0804. The SMILES string of the molecule is NNc1cccc(S(=O)(=O)Nc2ccsc2)c1[N+](=O)[O-]. The summed E-state index contributed by atoms with van der Waals surface area (Å²) in [7, 11) is -4.07. The van der Waals surface area contributed by atoms with E-state index in [9.17, 15) is 18.5 Å². The molecule has 0 aliphatic heterocycles. The van der Waals surface area contributed by atoms with Gasteiger partial charge in [-0.15, -0.1) is 0 Å². The number of nitrogens with two attached hydrogens (primary N) is 1.